The second-order valence-electron chi connectivity index (χ2n) is 9.52. The van der Waals surface area contributed by atoms with Gasteiger partial charge in [0.05, 0.1) is 7.11 Å². The number of hydrogen-bond acceptors (Lipinski definition) is 4. The van der Waals surface area contributed by atoms with Crippen molar-refractivity contribution in [3.05, 3.63) is 69.7 Å². The zero-order chi connectivity index (χ0) is 24.0. The molecule has 1 aliphatic carbocycles. The van der Waals surface area contributed by atoms with Crippen LogP contribution in [0.1, 0.15) is 35.3 Å². The lowest BCUT2D eigenvalue weighted by atomic mass is 9.72. The van der Waals surface area contributed by atoms with Crippen molar-refractivity contribution in [1.82, 2.24) is 14.4 Å². The van der Waals surface area contributed by atoms with Crippen molar-refractivity contribution in [1.29, 1.82) is 0 Å². The molecular weight excluding hydrogens is 430 g/mol. The van der Waals surface area contributed by atoms with E-state index in [9.17, 15) is 14.4 Å². The van der Waals surface area contributed by atoms with Crippen LogP contribution in [-0.4, -0.2) is 59.5 Å². The zero-order valence-corrected chi connectivity index (χ0v) is 19.8. The first kappa shape index (κ1) is 22.2. The standard InChI is InChI=1S/C27H29N3O4/c1-4-5-11-28-13-23(20-7-6-8-21(20)26(28)33)22-12-19(9-10-24(22)34-3)25(32)30-16-27(17-30)14-29(15-27)18(2)31/h4-7,9-10,12-13H,8,11,14-17H2,1-3H3/b5-4+. The Labute approximate surface area is 198 Å². The summed E-state index contributed by atoms with van der Waals surface area (Å²) in [5, 5.41) is 0. The van der Waals surface area contributed by atoms with Gasteiger partial charge in [0.2, 0.25) is 5.91 Å². The van der Waals surface area contributed by atoms with Crippen LogP contribution in [0, 0.1) is 5.41 Å². The summed E-state index contributed by atoms with van der Waals surface area (Å²) in [4.78, 5) is 41.4. The maximum absolute atomic E-state index is 13.3. The molecule has 2 saturated heterocycles. The summed E-state index contributed by atoms with van der Waals surface area (Å²) in [6.07, 6.45) is 10.3. The van der Waals surface area contributed by atoms with Crippen LogP contribution in [0.4, 0.5) is 0 Å². The minimum atomic E-state index is -0.0229. The average Bonchev–Trinajstić information content (AvgIpc) is 3.26. The number of fused-ring (bicyclic) bond motifs is 1. The topological polar surface area (TPSA) is 71.8 Å². The van der Waals surface area contributed by atoms with Crippen LogP contribution in [0.3, 0.4) is 0 Å². The summed E-state index contributed by atoms with van der Waals surface area (Å²) in [7, 11) is 1.61. The molecule has 0 bridgehead atoms. The number of rotatable bonds is 5. The lowest BCUT2D eigenvalue weighted by Crippen LogP contribution is -2.73. The molecule has 0 unspecified atom stereocenters. The van der Waals surface area contributed by atoms with Gasteiger partial charge in [-0.05, 0) is 37.1 Å². The SMILES string of the molecule is C/C=C/Cn1cc(-c2cc(C(=O)N3CC4(CN(C(C)=O)C4)C3)ccc2OC)c2c(c1=O)CC=C2. The van der Waals surface area contributed by atoms with Crippen LogP contribution < -0.4 is 10.3 Å². The minimum Gasteiger partial charge on any atom is -0.496 e. The molecule has 0 N–H and O–H groups in total. The van der Waals surface area contributed by atoms with Gasteiger partial charge in [-0.2, -0.15) is 0 Å². The second-order valence-corrected chi connectivity index (χ2v) is 9.52. The molecular formula is C27H29N3O4. The molecule has 7 nitrogen and oxygen atoms in total. The number of ether oxygens (including phenoxy) is 1. The van der Waals surface area contributed by atoms with Gasteiger partial charge in [0.15, 0.2) is 0 Å². The third-order valence-corrected chi connectivity index (χ3v) is 7.14. The molecule has 2 aromatic rings. The summed E-state index contributed by atoms with van der Waals surface area (Å²) in [5.74, 6) is 0.726. The van der Waals surface area contributed by atoms with Crippen molar-refractivity contribution in [2.75, 3.05) is 33.3 Å². The van der Waals surface area contributed by atoms with E-state index in [1.165, 1.54) is 0 Å². The van der Waals surface area contributed by atoms with Crippen molar-refractivity contribution in [2.24, 2.45) is 5.41 Å². The first-order valence-electron chi connectivity index (χ1n) is 11.6. The first-order chi connectivity index (χ1) is 16.4. The number of aromatic nitrogens is 1. The number of likely N-dealkylation sites (tertiary alicyclic amines) is 2. The Morgan fingerprint density at radius 3 is 2.53 bits per heavy atom. The largest absolute Gasteiger partial charge is 0.496 e. The van der Waals surface area contributed by atoms with E-state index >= 15 is 0 Å². The van der Waals surface area contributed by atoms with Crippen molar-refractivity contribution in [3.63, 3.8) is 0 Å². The van der Waals surface area contributed by atoms with Gasteiger partial charge in [-0.25, -0.2) is 0 Å². The van der Waals surface area contributed by atoms with Gasteiger partial charge in [0, 0.05) is 73.5 Å². The smallest absolute Gasteiger partial charge is 0.254 e. The molecule has 34 heavy (non-hydrogen) atoms. The summed E-state index contributed by atoms with van der Waals surface area (Å²) in [6, 6.07) is 5.50. The van der Waals surface area contributed by atoms with Crippen LogP contribution in [0.5, 0.6) is 5.75 Å². The highest BCUT2D eigenvalue weighted by atomic mass is 16.5. The number of methoxy groups -OCH3 is 1. The molecule has 7 heteroatoms. The number of carbonyl (C=O) groups excluding carboxylic acids is 2. The number of nitrogens with zero attached hydrogens (tertiary/aromatic N) is 3. The maximum Gasteiger partial charge on any atom is 0.254 e. The fourth-order valence-corrected chi connectivity index (χ4v) is 5.31. The molecule has 0 radical (unpaired) electrons. The van der Waals surface area contributed by atoms with Gasteiger partial charge >= 0.3 is 0 Å². The van der Waals surface area contributed by atoms with E-state index in [1.54, 1.807) is 24.7 Å². The number of benzene rings is 1. The highest BCUT2D eigenvalue weighted by molar-refractivity contribution is 5.97. The maximum atomic E-state index is 13.3. The molecule has 2 amide bonds. The monoisotopic (exact) mass is 459 g/mol. The molecule has 1 aromatic carbocycles. The predicted octanol–water partition coefficient (Wildman–Crippen LogP) is 2.97. The molecule has 0 saturated carbocycles. The third-order valence-electron chi connectivity index (χ3n) is 7.14. The normalized spacial score (nSPS) is 17.6. The summed E-state index contributed by atoms with van der Waals surface area (Å²) < 4.78 is 7.37. The quantitative estimate of drug-likeness (QED) is 0.645. The molecule has 3 heterocycles. The lowest BCUT2D eigenvalue weighted by molar-refractivity contribution is -0.152. The van der Waals surface area contributed by atoms with Gasteiger partial charge in [-0.1, -0.05) is 24.3 Å². The van der Waals surface area contributed by atoms with Crippen molar-refractivity contribution in [2.45, 2.75) is 26.8 Å². The molecule has 2 aliphatic heterocycles. The van der Waals surface area contributed by atoms with Gasteiger partial charge < -0.3 is 19.1 Å². The van der Waals surface area contributed by atoms with Crippen LogP contribution in [0.15, 0.2) is 47.4 Å². The van der Waals surface area contributed by atoms with E-state index in [0.29, 0.717) is 37.4 Å². The Morgan fingerprint density at radius 2 is 1.85 bits per heavy atom. The Hall–Kier alpha value is -3.61. The van der Waals surface area contributed by atoms with Crippen molar-refractivity contribution < 1.29 is 14.3 Å². The number of pyridine rings is 1. The Morgan fingerprint density at radius 1 is 1.12 bits per heavy atom. The summed E-state index contributed by atoms with van der Waals surface area (Å²) in [5.41, 5.74) is 4.01. The second kappa shape index (κ2) is 8.31. The van der Waals surface area contributed by atoms with E-state index in [0.717, 1.165) is 35.3 Å². The highest BCUT2D eigenvalue weighted by Gasteiger charge is 2.53. The fourth-order valence-electron chi connectivity index (χ4n) is 5.31. The number of amides is 2. The Balaban J connectivity index is 1.47. The van der Waals surface area contributed by atoms with Gasteiger partial charge in [-0.3, -0.25) is 14.4 Å². The highest BCUT2D eigenvalue weighted by Crippen LogP contribution is 2.41. The van der Waals surface area contributed by atoms with E-state index in [-0.39, 0.29) is 22.8 Å². The van der Waals surface area contributed by atoms with E-state index < -0.39 is 0 Å². The molecule has 0 atom stereocenters. The lowest BCUT2D eigenvalue weighted by Gasteiger charge is -2.60. The minimum absolute atomic E-state index is 0.0130. The molecule has 5 rings (SSSR count). The van der Waals surface area contributed by atoms with Crippen LogP contribution >= 0.6 is 0 Å². The van der Waals surface area contributed by atoms with Crippen LogP contribution in [0.2, 0.25) is 0 Å². The van der Waals surface area contributed by atoms with E-state index in [1.807, 2.05) is 59.4 Å². The van der Waals surface area contributed by atoms with E-state index in [2.05, 4.69) is 0 Å². The first-order valence-corrected chi connectivity index (χ1v) is 11.6. The molecule has 1 aromatic heterocycles. The van der Waals surface area contributed by atoms with Gasteiger partial charge in [0.25, 0.3) is 11.5 Å². The van der Waals surface area contributed by atoms with Crippen molar-refractivity contribution in [3.8, 4) is 16.9 Å². The van der Waals surface area contributed by atoms with Gasteiger partial charge in [-0.15, -0.1) is 0 Å². The van der Waals surface area contributed by atoms with Crippen LogP contribution in [-0.2, 0) is 17.8 Å². The molecule has 2 fully saturated rings. The number of hydrogen-bond donors (Lipinski definition) is 0. The van der Waals surface area contributed by atoms with Crippen LogP contribution in [0.25, 0.3) is 17.2 Å². The van der Waals surface area contributed by atoms with Crippen molar-refractivity contribution >= 4 is 17.9 Å². The zero-order valence-electron chi connectivity index (χ0n) is 19.8. The molecule has 1 spiro atoms. The fraction of sp³-hybridized carbons (Fsp3) is 0.370. The molecule has 176 valence electrons. The number of allylic oxidation sites excluding steroid dienone is 3. The Kier molecular flexibility index (Phi) is 5.42. The Bertz CT molecular complexity index is 1290. The van der Waals surface area contributed by atoms with Gasteiger partial charge in [0.1, 0.15) is 5.75 Å². The molecule has 3 aliphatic rings. The summed E-state index contributed by atoms with van der Waals surface area (Å²) >= 11 is 0. The summed E-state index contributed by atoms with van der Waals surface area (Å²) in [6.45, 7) is 6.80. The third kappa shape index (κ3) is 3.56. The average molecular weight is 460 g/mol. The predicted molar refractivity (Wildman–Crippen MR) is 131 cm³/mol. The van der Waals surface area contributed by atoms with E-state index in [4.69, 9.17) is 4.74 Å². The number of carbonyl (C=O) groups is 2.